The molecule has 0 aliphatic rings. The van der Waals surface area contributed by atoms with Crippen LogP contribution in [0.1, 0.15) is 20.8 Å². The minimum atomic E-state index is -0.419. The summed E-state index contributed by atoms with van der Waals surface area (Å²) in [4.78, 5) is 14.5. The summed E-state index contributed by atoms with van der Waals surface area (Å²) in [5.74, 6) is 1.81. The molecule has 20 heavy (non-hydrogen) atoms. The lowest BCUT2D eigenvalue weighted by atomic mass is 10.1. The van der Waals surface area contributed by atoms with Crippen molar-refractivity contribution >= 4 is 38.2 Å². The summed E-state index contributed by atoms with van der Waals surface area (Å²) in [6.45, 7) is 6.54. The number of hydrogen-bond acceptors (Lipinski definition) is 4. The molecule has 6 heteroatoms. The van der Waals surface area contributed by atoms with Gasteiger partial charge in [-0.1, -0.05) is 48.0 Å². The van der Waals surface area contributed by atoms with Gasteiger partial charge in [0, 0.05) is 11.9 Å². The largest absolute Gasteiger partial charge is 0.379 e. The van der Waals surface area contributed by atoms with E-state index in [9.17, 15) is 10.1 Å². The SMILES string of the molecule is CBr.CC.CCNc1c([N+](=O)[O-])cnc2ccccc12. The number of anilines is 1. The van der Waals surface area contributed by atoms with Crippen LogP contribution in [-0.4, -0.2) is 22.3 Å². The number of alkyl halides is 1. The van der Waals surface area contributed by atoms with Gasteiger partial charge in [0.2, 0.25) is 0 Å². The maximum atomic E-state index is 10.9. The van der Waals surface area contributed by atoms with Gasteiger partial charge in [-0.15, -0.1) is 0 Å². The molecule has 0 atom stereocenters. The highest BCUT2D eigenvalue weighted by atomic mass is 79.9. The van der Waals surface area contributed by atoms with Crippen LogP contribution in [-0.2, 0) is 0 Å². The molecular formula is C14H20BrN3O2. The summed E-state index contributed by atoms with van der Waals surface area (Å²) in [7, 11) is 0. The Kier molecular flexibility index (Phi) is 9.28. The summed E-state index contributed by atoms with van der Waals surface area (Å²) in [6, 6.07) is 7.36. The molecule has 2 rings (SSSR count). The normalized spacial score (nSPS) is 8.85. The first kappa shape index (κ1) is 18.3. The van der Waals surface area contributed by atoms with Crippen LogP contribution in [0.5, 0.6) is 0 Å². The number of fused-ring (bicyclic) bond motifs is 1. The minimum absolute atomic E-state index is 0.0144. The molecule has 0 fully saturated rings. The van der Waals surface area contributed by atoms with Crippen molar-refractivity contribution in [2.75, 3.05) is 17.7 Å². The molecule has 1 aromatic carbocycles. The third-order valence-corrected chi connectivity index (χ3v) is 2.31. The molecule has 0 saturated heterocycles. The minimum Gasteiger partial charge on any atom is -0.379 e. The molecule has 1 heterocycles. The van der Waals surface area contributed by atoms with E-state index in [1.807, 2.05) is 50.9 Å². The van der Waals surface area contributed by atoms with Crippen molar-refractivity contribution in [3.63, 3.8) is 0 Å². The molecule has 1 N–H and O–H groups in total. The third-order valence-electron chi connectivity index (χ3n) is 2.31. The van der Waals surface area contributed by atoms with Crippen molar-refractivity contribution in [1.29, 1.82) is 0 Å². The molecule has 0 unspecified atom stereocenters. The maximum Gasteiger partial charge on any atom is 0.311 e. The van der Waals surface area contributed by atoms with E-state index in [0.29, 0.717) is 12.2 Å². The van der Waals surface area contributed by atoms with Crippen molar-refractivity contribution in [2.45, 2.75) is 20.8 Å². The van der Waals surface area contributed by atoms with Crippen LogP contribution in [0.3, 0.4) is 0 Å². The number of pyridine rings is 1. The topological polar surface area (TPSA) is 68.1 Å². The summed E-state index contributed by atoms with van der Waals surface area (Å²) in [5, 5.41) is 14.7. The van der Waals surface area contributed by atoms with Crippen molar-refractivity contribution in [3.05, 3.63) is 40.6 Å². The first-order valence-electron chi connectivity index (χ1n) is 6.38. The van der Waals surface area contributed by atoms with Gasteiger partial charge >= 0.3 is 5.69 Å². The van der Waals surface area contributed by atoms with E-state index < -0.39 is 4.92 Å². The van der Waals surface area contributed by atoms with Crippen LogP contribution in [0.15, 0.2) is 30.5 Å². The van der Waals surface area contributed by atoms with E-state index in [0.717, 1.165) is 10.9 Å². The summed E-state index contributed by atoms with van der Waals surface area (Å²) >= 11 is 2.94. The maximum absolute atomic E-state index is 10.9. The lowest BCUT2D eigenvalue weighted by Gasteiger charge is -2.07. The zero-order valence-electron chi connectivity index (χ0n) is 12.2. The van der Waals surface area contributed by atoms with Crippen molar-refractivity contribution in [2.24, 2.45) is 0 Å². The van der Waals surface area contributed by atoms with E-state index in [1.54, 1.807) is 0 Å². The molecule has 110 valence electrons. The summed E-state index contributed by atoms with van der Waals surface area (Å²) in [6.07, 6.45) is 1.29. The molecule has 0 aliphatic heterocycles. The Labute approximate surface area is 127 Å². The van der Waals surface area contributed by atoms with Gasteiger partial charge < -0.3 is 5.32 Å². The standard InChI is InChI=1S/C11H11N3O2.C2H6.CH3Br/c1-2-12-11-8-5-3-4-6-9(8)13-7-10(11)14(15)16;2*1-2/h3-7H,2H2,1H3,(H,12,13);1-2H3;1H3. The highest BCUT2D eigenvalue weighted by Crippen LogP contribution is 2.30. The number of rotatable bonds is 3. The molecule has 5 nitrogen and oxygen atoms in total. The quantitative estimate of drug-likeness (QED) is 0.502. The van der Waals surface area contributed by atoms with Gasteiger partial charge in [0.15, 0.2) is 0 Å². The molecule has 0 radical (unpaired) electrons. The van der Waals surface area contributed by atoms with E-state index in [1.165, 1.54) is 6.20 Å². The highest BCUT2D eigenvalue weighted by molar-refractivity contribution is 9.08. The Bertz CT molecular complexity index is 547. The van der Waals surface area contributed by atoms with Crippen LogP contribution in [0.4, 0.5) is 11.4 Å². The Hall–Kier alpha value is -1.69. The predicted octanol–water partition coefficient (Wildman–Crippen LogP) is 4.61. The molecule has 0 bridgehead atoms. The Morgan fingerprint density at radius 1 is 1.30 bits per heavy atom. The van der Waals surface area contributed by atoms with Crippen molar-refractivity contribution in [1.82, 2.24) is 4.98 Å². The summed E-state index contributed by atoms with van der Waals surface area (Å²) in [5.41, 5.74) is 1.31. The van der Waals surface area contributed by atoms with Gasteiger partial charge in [-0.2, -0.15) is 0 Å². The number of benzene rings is 1. The first-order valence-corrected chi connectivity index (χ1v) is 7.96. The van der Waals surface area contributed by atoms with Crippen LogP contribution in [0.2, 0.25) is 0 Å². The Balaban J connectivity index is 0.000000829. The van der Waals surface area contributed by atoms with Gasteiger partial charge in [-0.05, 0) is 18.8 Å². The molecule has 1 aromatic heterocycles. The Morgan fingerprint density at radius 2 is 1.90 bits per heavy atom. The number of nitrogens with zero attached hydrogens (tertiary/aromatic N) is 2. The predicted molar refractivity (Wildman–Crippen MR) is 88.8 cm³/mol. The second-order valence-electron chi connectivity index (χ2n) is 3.32. The van der Waals surface area contributed by atoms with Crippen LogP contribution < -0.4 is 5.32 Å². The lowest BCUT2D eigenvalue weighted by Crippen LogP contribution is -2.02. The average Bonchev–Trinajstić information content (AvgIpc) is 2.51. The van der Waals surface area contributed by atoms with Crippen LogP contribution >= 0.6 is 15.9 Å². The monoisotopic (exact) mass is 341 g/mol. The zero-order chi connectivity index (χ0) is 15.5. The van der Waals surface area contributed by atoms with Gasteiger partial charge in [0.25, 0.3) is 0 Å². The fourth-order valence-electron chi connectivity index (χ4n) is 1.63. The van der Waals surface area contributed by atoms with Crippen molar-refractivity contribution in [3.8, 4) is 0 Å². The molecule has 0 spiro atoms. The Morgan fingerprint density at radius 3 is 2.45 bits per heavy atom. The summed E-state index contributed by atoms with van der Waals surface area (Å²) < 4.78 is 0. The number of nitrogens with one attached hydrogen (secondary N) is 1. The smallest absolute Gasteiger partial charge is 0.311 e. The fraction of sp³-hybridized carbons (Fsp3) is 0.357. The molecular weight excluding hydrogens is 322 g/mol. The van der Waals surface area contributed by atoms with Crippen molar-refractivity contribution < 1.29 is 4.92 Å². The lowest BCUT2D eigenvalue weighted by molar-refractivity contribution is -0.384. The average molecular weight is 342 g/mol. The van der Waals surface area contributed by atoms with Gasteiger partial charge in [0.1, 0.15) is 11.9 Å². The van der Waals surface area contributed by atoms with Gasteiger partial charge in [-0.25, -0.2) is 4.98 Å². The number of nitro groups is 1. The highest BCUT2D eigenvalue weighted by Gasteiger charge is 2.16. The van der Waals surface area contributed by atoms with Crippen LogP contribution in [0.25, 0.3) is 10.9 Å². The number of halogens is 1. The second kappa shape index (κ2) is 10.1. The number of para-hydroxylation sites is 1. The van der Waals surface area contributed by atoms with E-state index in [-0.39, 0.29) is 5.69 Å². The molecule has 2 aromatic rings. The van der Waals surface area contributed by atoms with Crippen LogP contribution in [0, 0.1) is 10.1 Å². The third kappa shape index (κ3) is 4.45. The molecule has 0 saturated carbocycles. The number of hydrogen-bond donors (Lipinski definition) is 1. The van der Waals surface area contributed by atoms with E-state index >= 15 is 0 Å². The number of aromatic nitrogens is 1. The first-order chi connectivity index (χ1) is 9.74. The zero-order valence-corrected chi connectivity index (χ0v) is 13.8. The molecule has 0 amide bonds. The van der Waals surface area contributed by atoms with Gasteiger partial charge in [-0.3, -0.25) is 10.1 Å². The van der Waals surface area contributed by atoms with E-state index in [4.69, 9.17) is 0 Å². The second-order valence-corrected chi connectivity index (χ2v) is 3.32. The van der Waals surface area contributed by atoms with Gasteiger partial charge in [0.05, 0.1) is 10.4 Å². The fourth-order valence-corrected chi connectivity index (χ4v) is 1.63. The van der Waals surface area contributed by atoms with E-state index in [2.05, 4.69) is 26.2 Å². The molecule has 0 aliphatic carbocycles.